The van der Waals surface area contributed by atoms with E-state index in [1.807, 2.05) is 6.92 Å². The first kappa shape index (κ1) is 11.1. The molecule has 0 aliphatic heterocycles. The number of nitrogens with one attached hydrogen (secondary N) is 1. The largest absolute Gasteiger partial charge is 0.474 e. The lowest BCUT2D eigenvalue weighted by molar-refractivity contribution is 0.109. The summed E-state index contributed by atoms with van der Waals surface area (Å²) in [6.45, 7) is 3.51. The van der Waals surface area contributed by atoms with Gasteiger partial charge in [-0.25, -0.2) is 4.98 Å². The van der Waals surface area contributed by atoms with Crippen molar-refractivity contribution in [3.63, 3.8) is 0 Å². The standard InChI is InChI=1S/C9H11ClN4O2/c1-2-15-3-4-16-8-6-7(12-5-11-6)13-9(10)14-8/h5H,2-4H2,1H3,(H,11,12,13,14). The van der Waals surface area contributed by atoms with E-state index in [0.29, 0.717) is 36.9 Å². The van der Waals surface area contributed by atoms with Gasteiger partial charge in [-0.1, -0.05) is 0 Å². The molecule has 86 valence electrons. The van der Waals surface area contributed by atoms with Gasteiger partial charge in [-0.3, -0.25) is 0 Å². The molecule has 0 saturated carbocycles. The Balaban J connectivity index is 2.12. The molecule has 7 heteroatoms. The molecule has 16 heavy (non-hydrogen) atoms. The smallest absolute Gasteiger partial charge is 0.244 e. The third-order valence-corrected chi connectivity index (χ3v) is 2.06. The summed E-state index contributed by atoms with van der Waals surface area (Å²) < 4.78 is 10.6. The van der Waals surface area contributed by atoms with Crippen LogP contribution in [0.5, 0.6) is 5.88 Å². The second kappa shape index (κ2) is 5.09. The zero-order valence-corrected chi connectivity index (χ0v) is 9.49. The molecule has 1 N–H and O–H groups in total. The van der Waals surface area contributed by atoms with Gasteiger partial charge in [-0.15, -0.1) is 0 Å². The Hall–Kier alpha value is -1.40. The van der Waals surface area contributed by atoms with Gasteiger partial charge in [0, 0.05) is 6.61 Å². The van der Waals surface area contributed by atoms with Crippen molar-refractivity contribution in [3.05, 3.63) is 11.6 Å². The minimum absolute atomic E-state index is 0.117. The van der Waals surface area contributed by atoms with E-state index < -0.39 is 0 Å². The Morgan fingerprint density at radius 2 is 2.25 bits per heavy atom. The van der Waals surface area contributed by atoms with Crippen LogP contribution in [0.4, 0.5) is 0 Å². The van der Waals surface area contributed by atoms with Crippen LogP contribution in [-0.4, -0.2) is 39.8 Å². The van der Waals surface area contributed by atoms with E-state index in [9.17, 15) is 0 Å². The average molecular weight is 243 g/mol. The molecule has 2 rings (SSSR count). The van der Waals surface area contributed by atoms with Gasteiger partial charge >= 0.3 is 0 Å². The van der Waals surface area contributed by atoms with Crippen molar-refractivity contribution in [1.29, 1.82) is 0 Å². The second-order valence-corrected chi connectivity index (χ2v) is 3.28. The normalized spacial score (nSPS) is 10.9. The molecular weight excluding hydrogens is 232 g/mol. The molecule has 6 nitrogen and oxygen atoms in total. The number of halogens is 1. The topological polar surface area (TPSA) is 72.9 Å². The number of hydrogen-bond acceptors (Lipinski definition) is 5. The fourth-order valence-electron chi connectivity index (χ4n) is 1.23. The van der Waals surface area contributed by atoms with Gasteiger partial charge in [0.25, 0.3) is 0 Å². The number of fused-ring (bicyclic) bond motifs is 1. The zero-order chi connectivity index (χ0) is 11.4. The Bertz CT molecular complexity index is 473. The highest BCUT2D eigenvalue weighted by atomic mass is 35.5. The first-order chi connectivity index (χ1) is 7.81. The van der Waals surface area contributed by atoms with Crippen molar-refractivity contribution >= 4 is 22.8 Å². The van der Waals surface area contributed by atoms with Crippen molar-refractivity contribution in [2.24, 2.45) is 0 Å². The SMILES string of the molecule is CCOCCOc1nc(Cl)nc2nc[nH]c12. The number of H-pyrrole nitrogens is 1. The third kappa shape index (κ3) is 2.40. The Morgan fingerprint density at radius 3 is 3.06 bits per heavy atom. The van der Waals surface area contributed by atoms with Crippen LogP contribution in [0.2, 0.25) is 5.28 Å². The van der Waals surface area contributed by atoms with Gasteiger partial charge in [0.1, 0.15) is 12.1 Å². The number of hydrogen-bond donors (Lipinski definition) is 1. The van der Waals surface area contributed by atoms with E-state index in [2.05, 4.69) is 19.9 Å². The number of nitrogens with zero attached hydrogens (tertiary/aromatic N) is 3. The van der Waals surface area contributed by atoms with Gasteiger partial charge < -0.3 is 14.5 Å². The van der Waals surface area contributed by atoms with Crippen molar-refractivity contribution in [1.82, 2.24) is 19.9 Å². The maximum atomic E-state index is 5.73. The van der Waals surface area contributed by atoms with E-state index in [1.165, 1.54) is 6.33 Å². The summed E-state index contributed by atoms with van der Waals surface area (Å²) in [7, 11) is 0. The quantitative estimate of drug-likeness (QED) is 0.634. The molecule has 0 unspecified atom stereocenters. The van der Waals surface area contributed by atoms with Crippen molar-refractivity contribution in [2.75, 3.05) is 19.8 Å². The van der Waals surface area contributed by atoms with Crippen LogP contribution >= 0.6 is 11.6 Å². The molecule has 0 aliphatic rings. The van der Waals surface area contributed by atoms with Gasteiger partial charge in [0.15, 0.2) is 5.65 Å². The molecule has 0 amide bonds. The summed E-state index contributed by atoms with van der Waals surface area (Å²) in [5.41, 5.74) is 1.13. The monoisotopic (exact) mass is 242 g/mol. The molecule has 0 saturated heterocycles. The molecule has 0 spiro atoms. The van der Waals surface area contributed by atoms with E-state index in [-0.39, 0.29) is 5.28 Å². The fraction of sp³-hybridized carbons (Fsp3) is 0.444. The fourth-order valence-corrected chi connectivity index (χ4v) is 1.38. The van der Waals surface area contributed by atoms with Crippen LogP contribution in [0, 0.1) is 0 Å². The molecule has 2 aromatic heterocycles. The Kier molecular flexibility index (Phi) is 3.53. The van der Waals surface area contributed by atoms with Crippen LogP contribution < -0.4 is 4.74 Å². The lowest BCUT2D eigenvalue weighted by atomic mass is 10.5. The number of ether oxygens (including phenoxy) is 2. The summed E-state index contributed by atoms with van der Waals surface area (Å²) in [5, 5.41) is 0.117. The van der Waals surface area contributed by atoms with Crippen LogP contribution in [0.15, 0.2) is 6.33 Å². The third-order valence-electron chi connectivity index (χ3n) is 1.90. The lowest BCUT2D eigenvalue weighted by Crippen LogP contribution is -2.08. The summed E-state index contributed by atoms with van der Waals surface area (Å²) in [6, 6.07) is 0. The van der Waals surface area contributed by atoms with Crippen LogP contribution in [0.1, 0.15) is 6.92 Å². The van der Waals surface area contributed by atoms with Gasteiger partial charge in [-0.05, 0) is 18.5 Å². The summed E-state index contributed by atoms with van der Waals surface area (Å²) in [4.78, 5) is 14.8. The van der Waals surface area contributed by atoms with Crippen LogP contribution in [0.3, 0.4) is 0 Å². The lowest BCUT2D eigenvalue weighted by Gasteiger charge is -2.05. The molecule has 0 fully saturated rings. The van der Waals surface area contributed by atoms with E-state index in [0.717, 1.165) is 0 Å². The number of rotatable bonds is 5. The van der Waals surface area contributed by atoms with Crippen molar-refractivity contribution in [2.45, 2.75) is 6.92 Å². The van der Waals surface area contributed by atoms with Crippen LogP contribution in [-0.2, 0) is 4.74 Å². The maximum absolute atomic E-state index is 5.73. The number of aromatic amines is 1. The minimum Gasteiger partial charge on any atom is -0.474 e. The molecule has 2 aromatic rings. The number of imidazole rings is 1. The van der Waals surface area contributed by atoms with Crippen molar-refractivity contribution in [3.8, 4) is 5.88 Å². The molecule has 0 radical (unpaired) electrons. The van der Waals surface area contributed by atoms with E-state index in [4.69, 9.17) is 21.1 Å². The van der Waals surface area contributed by atoms with Crippen LogP contribution in [0.25, 0.3) is 11.2 Å². The summed E-state index contributed by atoms with van der Waals surface area (Å²) in [5.74, 6) is 0.396. The summed E-state index contributed by atoms with van der Waals surface area (Å²) >= 11 is 5.73. The van der Waals surface area contributed by atoms with Crippen molar-refractivity contribution < 1.29 is 9.47 Å². The van der Waals surface area contributed by atoms with E-state index >= 15 is 0 Å². The number of aromatic nitrogens is 4. The predicted molar refractivity (Wildman–Crippen MR) is 58.7 cm³/mol. The molecule has 0 bridgehead atoms. The first-order valence-corrected chi connectivity index (χ1v) is 5.26. The first-order valence-electron chi connectivity index (χ1n) is 4.88. The summed E-state index contributed by atoms with van der Waals surface area (Å²) in [6.07, 6.45) is 1.52. The Morgan fingerprint density at radius 1 is 1.38 bits per heavy atom. The molecule has 0 aliphatic carbocycles. The predicted octanol–water partition coefficient (Wildman–Crippen LogP) is 1.42. The average Bonchev–Trinajstić information content (AvgIpc) is 2.72. The Labute approximate surface area is 97.0 Å². The van der Waals surface area contributed by atoms with Gasteiger partial charge in [0.2, 0.25) is 11.2 Å². The molecule has 2 heterocycles. The minimum atomic E-state index is 0.117. The molecule has 0 atom stereocenters. The highest BCUT2D eigenvalue weighted by Gasteiger charge is 2.09. The molecular formula is C9H11ClN4O2. The zero-order valence-electron chi connectivity index (χ0n) is 8.73. The second-order valence-electron chi connectivity index (χ2n) is 2.94. The maximum Gasteiger partial charge on any atom is 0.244 e. The highest BCUT2D eigenvalue weighted by Crippen LogP contribution is 2.20. The molecule has 0 aromatic carbocycles. The van der Waals surface area contributed by atoms with E-state index in [1.54, 1.807) is 0 Å². The van der Waals surface area contributed by atoms with Gasteiger partial charge in [-0.2, -0.15) is 9.97 Å². The highest BCUT2D eigenvalue weighted by molar-refractivity contribution is 6.28. The van der Waals surface area contributed by atoms with Gasteiger partial charge in [0.05, 0.1) is 12.9 Å².